The van der Waals surface area contributed by atoms with Gasteiger partial charge in [-0.3, -0.25) is 4.79 Å². The molecule has 2 atom stereocenters. The summed E-state index contributed by atoms with van der Waals surface area (Å²) in [7, 11) is 0. The fraction of sp³-hybridized carbons (Fsp3) is 0.636. The quantitative estimate of drug-likeness (QED) is 0.667. The molecule has 4 bridgehead atoms. The minimum absolute atomic E-state index is 0.0688. The van der Waals surface area contributed by atoms with Crippen molar-refractivity contribution < 1.29 is 18.0 Å². The Morgan fingerprint density at radius 2 is 1.84 bits per heavy atom. The summed E-state index contributed by atoms with van der Waals surface area (Å²) in [5.74, 6) is 1.92. The van der Waals surface area contributed by atoms with E-state index in [0.29, 0.717) is 17.8 Å². The summed E-state index contributed by atoms with van der Waals surface area (Å²) in [5.41, 5.74) is -0.133. The zero-order valence-corrected chi connectivity index (χ0v) is 17.8. The van der Waals surface area contributed by atoms with Gasteiger partial charge >= 0.3 is 6.18 Å². The van der Waals surface area contributed by atoms with Gasteiger partial charge in [-0.2, -0.15) is 18.3 Å². The van der Waals surface area contributed by atoms with E-state index in [1.54, 1.807) is 0 Å². The number of hydrogen-bond donors (Lipinski definition) is 2. The number of carbonyl (C=O) groups is 1. The molecule has 0 spiro atoms. The third kappa shape index (κ3) is 3.36. The lowest BCUT2D eigenvalue weighted by Gasteiger charge is -2.56. The summed E-state index contributed by atoms with van der Waals surface area (Å²) >= 11 is 1.43. The van der Waals surface area contributed by atoms with Gasteiger partial charge in [0.2, 0.25) is 0 Å². The van der Waals surface area contributed by atoms with Crippen LogP contribution < -0.4 is 10.6 Å². The van der Waals surface area contributed by atoms with Crippen LogP contribution in [0, 0.1) is 17.8 Å². The summed E-state index contributed by atoms with van der Waals surface area (Å²) in [5, 5.41) is 12.4. The van der Waals surface area contributed by atoms with Gasteiger partial charge in [0.15, 0.2) is 11.7 Å². The van der Waals surface area contributed by atoms with Crippen LogP contribution in [0.4, 0.5) is 19.0 Å². The fourth-order valence-corrected chi connectivity index (χ4v) is 7.72. The highest BCUT2D eigenvalue weighted by molar-refractivity contribution is 7.10. The Kier molecular flexibility index (Phi) is 4.27. The first-order valence-electron chi connectivity index (χ1n) is 11.1. The maximum atomic E-state index is 13.8. The van der Waals surface area contributed by atoms with Gasteiger partial charge in [-0.1, -0.05) is 6.07 Å². The molecule has 2 aromatic rings. The largest absolute Gasteiger partial charge is 0.410 e. The van der Waals surface area contributed by atoms with Gasteiger partial charge in [0, 0.05) is 22.9 Å². The SMILES string of the molecule is O=C(NC12CC3CC(CC(C3)C1)C2)c1cc2n(n1)C(C(F)(F)F)CC(c1cccs1)N2. The van der Waals surface area contributed by atoms with Crippen LogP contribution in [0.15, 0.2) is 23.6 Å². The molecule has 166 valence electrons. The van der Waals surface area contributed by atoms with Crippen molar-refractivity contribution in [2.45, 2.75) is 68.7 Å². The molecule has 5 nitrogen and oxygen atoms in total. The monoisotopic (exact) mass is 450 g/mol. The lowest BCUT2D eigenvalue weighted by molar-refractivity contribution is -0.173. The van der Waals surface area contributed by atoms with Crippen molar-refractivity contribution >= 4 is 23.1 Å². The summed E-state index contributed by atoms with van der Waals surface area (Å²) < 4.78 is 42.5. The highest BCUT2D eigenvalue weighted by Crippen LogP contribution is 2.55. The molecule has 5 aliphatic rings. The van der Waals surface area contributed by atoms with Crippen molar-refractivity contribution in [3.8, 4) is 0 Å². The van der Waals surface area contributed by atoms with E-state index in [9.17, 15) is 18.0 Å². The molecule has 1 aliphatic heterocycles. The minimum Gasteiger partial charge on any atom is -0.363 e. The van der Waals surface area contributed by atoms with Crippen molar-refractivity contribution in [3.05, 3.63) is 34.2 Å². The van der Waals surface area contributed by atoms with E-state index in [-0.39, 0.29) is 29.4 Å². The van der Waals surface area contributed by atoms with E-state index < -0.39 is 18.3 Å². The van der Waals surface area contributed by atoms with Crippen molar-refractivity contribution in [2.75, 3.05) is 5.32 Å². The second-order valence-electron chi connectivity index (χ2n) is 10.0. The maximum absolute atomic E-state index is 13.8. The molecule has 9 heteroatoms. The molecule has 3 heterocycles. The summed E-state index contributed by atoms with van der Waals surface area (Å²) in [4.78, 5) is 14.0. The molecule has 4 fully saturated rings. The number of nitrogens with one attached hydrogen (secondary N) is 2. The van der Waals surface area contributed by atoms with Crippen molar-refractivity contribution in [1.29, 1.82) is 0 Å². The number of alkyl halides is 3. The molecule has 2 unspecified atom stereocenters. The maximum Gasteiger partial charge on any atom is 0.410 e. The average molecular weight is 451 g/mol. The Morgan fingerprint density at radius 3 is 2.42 bits per heavy atom. The van der Waals surface area contributed by atoms with E-state index in [2.05, 4.69) is 15.7 Å². The van der Waals surface area contributed by atoms with Crippen molar-refractivity contribution in [2.24, 2.45) is 17.8 Å². The highest BCUT2D eigenvalue weighted by Gasteiger charge is 2.52. The number of anilines is 1. The zero-order valence-electron chi connectivity index (χ0n) is 17.0. The van der Waals surface area contributed by atoms with Crippen molar-refractivity contribution in [3.63, 3.8) is 0 Å². The second-order valence-corrected chi connectivity index (χ2v) is 11.0. The molecular weight excluding hydrogens is 425 g/mol. The molecule has 31 heavy (non-hydrogen) atoms. The Hall–Kier alpha value is -2.03. The van der Waals surface area contributed by atoms with Gasteiger partial charge in [-0.05, 0) is 67.7 Å². The molecule has 2 N–H and O–H groups in total. The van der Waals surface area contributed by atoms with Crippen LogP contribution in [-0.2, 0) is 0 Å². The summed E-state index contributed by atoms with van der Waals surface area (Å²) in [6.07, 6.45) is 2.16. The topological polar surface area (TPSA) is 59.0 Å². The van der Waals surface area contributed by atoms with Gasteiger partial charge in [-0.25, -0.2) is 4.68 Å². The smallest absolute Gasteiger partial charge is 0.363 e. The number of fused-ring (bicyclic) bond motifs is 1. The summed E-state index contributed by atoms with van der Waals surface area (Å²) in [6.45, 7) is 0. The lowest BCUT2D eigenvalue weighted by Crippen LogP contribution is -2.59. The van der Waals surface area contributed by atoms with Gasteiger partial charge in [0.1, 0.15) is 5.82 Å². The lowest BCUT2D eigenvalue weighted by atomic mass is 9.53. The Balaban J connectivity index is 1.27. The predicted octanol–water partition coefficient (Wildman–Crippen LogP) is 5.30. The van der Waals surface area contributed by atoms with E-state index in [0.717, 1.165) is 28.8 Å². The van der Waals surface area contributed by atoms with Gasteiger partial charge in [0.25, 0.3) is 5.91 Å². The first kappa shape index (κ1) is 19.6. The molecule has 0 saturated heterocycles. The number of carbonyl (C=O) groups excluding carboxylic acids is 1. The first-order chi connectivity index (χ1) is 14.8. The van der Waals surface area contributed by atoms with Crippen LogP contribution in [0.1, 0.15) is 72.4 Å². The number of aromatic nitrogens is 2. The zero-order chi connectivity index (χ0) is 21.4. The van der Waals surface area contributed by atoms with Crippen molar-refractivity contribution in [1.82, 2.24) is 15.1 Å². The molecule has 0 radical (unpaired) electrons. The second kappa shape index (κ2) is 6.73. The van der Waals surface area contributed by atoms with E-state index >= 15 is 0 Å². The number of nitrogens with zero attached hydrogens (tertiary/aromatic N) is 2. The third-order valence-electron chi connectivity index (χ3n) is 7.73. The Morgan fingerprint density at radius 1 is 1.16 bits per heavy atom. The molecule has 2 aromatic heterocycles. The number of halogens is 3. The normalized spacial score (nSPS) is 36.2. The number of hydrogen-bond acceptors (Lipinski definition) is 4. The van der Waals surface area contributed by atoms with E-state index in [1.807, 2.05) is 17.5 Å². The van der Waals surface area contributed by atoms with Crippen LogP contribution in [0.3, 0.4) is 0 Å². The average Bonchev–Trinajstić information content (AvgIpc) is 3.34. The van der Waals surface area contributed by atoms with E-state index in [4.69, 9.17) is 0 Å². The van der Waals surface area contributed by atoms with Gasteiger partial charge in [-0.15, -0.1) is 11.3 Å². The standard InChI is InChI=1S/C22H25F3N4OS/c23-22(24,25)18-7-15(17-2-1-3-31-17)26-19-8-16(28-29(18)19)20(30)27-21-9-12-4-13(10-21)6-14(5-12)11-21/h1-3,8,12-15,18,26H,4-7,9-11H2,(H,27,30). The molecule has 1 amide bonds. The fourth-order valence-electron chi connectivity index (χ4n) is 6.93. The van der Waals surface area contributed by atoms with E-state index in [1.165, 1.54) is 36.7 Å². The number of amides is 1. The van der Waals surface area contributed by atoms with Crippen LogP contribution in [0.25, 0.3) is 0 Å². The first-order valence-corrected chi connectivity index (χ1v) is 11.9. The minimum atomic E-state index is -4.44. The molecule has 0 aromatic carbocycles. The van der Waals surface area contributed by atoms with Crippen LogP contribution in [0.2, 0.25) is 0 Å². The predicted molar refractivity (Wildman–Crippen MR) is 111 cm³/mol. The Labute approximate surface area is 182 Å². The molecular formula is C22H25F3N4OS. The van der Waals surface area contributed by atoms with Crippen LogP contribution >= 0.6 is 11.3 Å². The molecule has 4 aliphatic carbocycles. The molecule has 7 rings (SSSR count). The number of rotatable bonds is 3. The van der Waals surface area contributed by atoms with Gasteiger partial charge < -0.3 is 10.6 Å². The van der Waals surface area contributed by atoms with Crippen LogP contribution in [0.5, 0.6) is 0 Å². The molecule has 4 saturated carbocycles. The van der Waals surface area contributed by atoms with Crippen LogP contribution in [-0.4, -0.2) is 27.4 Å². The van der Waals surface area contributed by atoms with Gasteiger partial charge in [0.05, 0.1) is 6.04 Å². The Bertz CT molecular complexity index is 964. The summed E-state index contributed by atoms with van der Waals surface area (Å²) in [6, 6.07) is 2.95. The highest BCUT2D eigenvalue weighted by atomic mass is 32.1. The number of thiophene rings is 1. The third-order valence-corrected chi connectivity index (χ3v) is 8.71.